The maximum absolute atomic E-state index is 10.4. The van der Waals surface area contributed by atoms with Crippen LogP contribution in [0.1, 0.15) is 0 Å². The number of thiol groups is 1. The van der Waals surface area contributed by atoms with Crippen molar-refractivity contribution < 1.29 is 14.7 Å². The van der Waals surface area contributed by atoms with Gasteiger partial charge in [0, 0.05) is 5.20 Å². The highest BCUT2D eigenvalue weighted by atomic mass is 32.1. The standard InChI is InChI=1S/C4H2O3SSi2/c5-3(6)1(9)2(10)4(7)8/h(H,5,6)(H,7,8). The molecule has 1 N–H and O–H groups in total. The van der Waals surface area contributed by atoms with Crippen LogP contribution in [0.5, 0.6) is 0 Å². The molecule has 6 heteroatoms. The van der Waals surface area contributed by atoms with Crippen LogP contribution in [0, 0.1) is 0 Å². The van der Waals surface area contributed by atoms with Gasteiger partial charge in [-0.1, -0.05) is 0 Å². The molecule has 0 saturated heterocycles. The van der Waals surface area contributed by atoms with Crippen LogP contribution in [0.2, 0.25) is 0 Å². The molecule has 3 nitrogen and oxygen atoms in total. The number of carboxylic acid groups (broad SMARTS) is 1. The van der Waals surface area contributed by atoms with Gasteiger partial charge in [-0.3, -0.25) is 4.79 Å². The van der Waals surface area contributed by atoms with E-state index in [-0.39, 0.29) is 10.4 Å². The van der Waals surface area contributed by atoms with Crippen molar-refractivity contribution in [3.8, 4) is 0 Å². The fraction of sp³-hybridized carbons (Fsp3) is 0. The lowest BCUT2D eigenvalue weighted by Crippen LogP contribution is -2.08. The first-order valence-electron chi connectivity index (χ1n) is 2.11. The van der Waals surface area contributed by atoms with Gasteiger partial charge in [0.2, 0.25) is 5.12 Å². The molecule has 0 rings (SSSR count). The van der Waals surface area contributed by atoms with E-state index in [4.69, 9.17) is 5.11 Å². The average molecular weight is 186 g/mol. The van der Waals surface area contributed by atoms with E-state index < -0.39 is 11.1 Å². The summed E-state index contributed by atoms with van der Waals surface area (Å²) in [7, 11) is 5.50. The van der Waals surface area contributed by atoms with Gasteiger partial charge in [0.15, 0.2) is 0 Å². The minimum atomic E-state index is -1.22. The molecule has 6 radical (unpaired) electrons. The van der Waals surface area contributed by atoms with Gasteiger partial charge in [-0.25, -0.2) is 4.79 Å². The molecule has 0 saturated carbocycles. The summed E-state index contributed by atoms with van der Waals surface area (Å²) >= 11 is 3.39. The SMILES string of the molecule is O=C(O)C([Si])=C([Si])C(=O)S. The van der Waals surface area contributed by atoms with E-state index in [1.54, 1.807) is 0 Å². The van der Waals surface area contributed by atoms with Crippen LogP contribution >= 0.6 is 12.6 Å². The first-order valence-corrected chi connectivity index (χ1v) is 3.55. The second kappa shape index (κ2) is 3.74. The Morgan fingerprint density at radius 1 is 1.20 bits per heavy atom. The molecule has 0 unspecified atom stereocenters. The lowest BCUT2D eigenvalue weighted by molar-refractivity contribution is -0.132. The summed E-state index contributed by atoms with van der Waals surface area (Å²) in [6, 6.07) is 0. The second-order valence-electron chi connectivity index (χ2n) is 1.36. The zero-order chi connectivity index (χ0) is 8.31. The predicted molar refractivity (Wildman–Crippen MR) is 40.2 cm³/mol. The Morgan fingerprint density at radius 2 is 1.60 bits per heavy atom. The molecule has 0 amide bonds. The monoisotopic (exact) mass is 186 g/mol. The first-order chi connectivity index (χ1) is 4.46. The molecular weight excluding hydrogens is 184 g/mol. The number of carbonyl (C=O) groups is 2. The molecule has 0 aromatic heterocycles. The summed E-state index contributed by atoms with van der Waals surface area (Å²) in [6.45, 7) is 0. The van der Waals surface area contributed by atoms with E-state index in [1.807, 2.05) is 0 Å². The smallest absolute Gasteiger partial charge is 0.326 e. The summed E-state index contributed by atoms with van der Waals surface area (Å²) < 4.78 is 0. The summed E-state index contributed by atoms with van der Waals surface area (Å²) in [5.74, 6) is -1.22. The Kier molecular flexibility index (Phi) is 3.61. The number of carbonyl (C=O) groups excluding carboxylic acids is 1. The third-order valence-corrected chi connectivity index (χ3v) is 2.30. The quantitative estimate of drug-likeness (QED) is 0.333. The van der Waals surface area contributed by atoms with E-state index in [2.05, 4.69) is 33.1 Å². The van der Waals surface area contributed by atoms with Crippen molar-refractivity contribution in [1.29, 1.82) is 0 Å². The van der Waals surface area contributed by atoms with Crippen LogP contribution in [0.3, 0.4) is 0 Å². The average Bonchev–Trinajstić information content (AvgIpc) is 1.84. The minimum absolute atomic E-state index is 0.104. The molecule has 0 aliphatic heterocycles. The van der Waals surface area contributed by atoms with E-state index >= 15 is 0 Å². The first kappa shape index (κ1) is 9.66. The molecule has 0 aromatic carbocycles. The van der Waals surface area contributed by atoms with Gasteiger partial charge in [0.25, 0.3) is 0 Å². The molecule has 0 aliphatic carbocycles. The van der Waals surface area contributed by atoms with Crippen molar-refractivity contribution >= 4 is 44.2 Å². The topological polar surface area (TPSA) is 54.4 Å². The fourth-order valence-electron chi connectivity index (χ4n) is 0.214. The second-order valence-corrected chi connectivity index (χ2v) is 2.77. The predicted octanol–water partition coefficient (Wildman–Crippen LogP) is -0.924. The summed E-state index contributed by atoms with van der Waals surface area (Å²) in [5, 5.41) is 7.30. The van der Waals surface area contributed by atoms with E-state index in [0.29, 0.717) is 0 Å². The molecular formula is C4H2O3SSi2. The molecule has 0 fully saturated rings. The van der Waals surface area contributed by atoms with Crippen LogP contribution in [0.4, 0.5) is 0 Å². The summed E-state index contributed by atoms with van der Waals surface area (Å²) in [5.41, 5.74) is 0. The van der Waals surface area contributed by atoms with Crippen molar-refractivity contribution in [2.45, 2.75) is 0 Å². The van der Waals surface area contributed by atoms with Gasteiger partial charge in [-0.2, -0.15) is 0 Å². The minimum Gasteiger partial charge on any atom is -0.478 e. The van der Waals surface area contributed by atoms with Gasteiger partial charge in [-0.05, 0) is 5.20 Å². The Bertz CT molecular complexity index is 189. The maximum atomic E-state index is 10.4. The van der Waals surface area contributed by atoms with E-state index in [9.17, 15) is 9.59 Å². The Hall–Kier alpha value is -0.336. The van der Waals surface area contributed by atoms with Crippen molar-refractivity contribution in [3.05, 3.63) is 10.4 Å². The van der Waals surface area contributed by atoms with Gasteiger partial charge in [0.05, 0.1) is 20.5 Å². The third kappa shape index (κ3) is 2.50. The summed E-state index contributed by atoms with van der Waals surface area (Å²) in [4.78, 5) is 20.5. The molecule has 0 atom stereocenters. The highest BCUT2D eigenvalue weighted by Gasteiger charge is 2.08. The van der Waals surface area contributed by atoms with Crippen molar-refractivity contribution in [3.63, 3.8) is 0 Å². The molecule has 0 spiro atoms. The maximum Gasteiger partial charge on any atom is 0.326 e. The molecule has 0 aromatic rings. The van der Waals surface area contributed by atoms with Crippen LogP contribution in [-0.4, -0.2) is 36.7 Å². The highest BCUT2D eigenvalue weighted by Crippen LogP contribution is 1.99. The van der Waals surface area contributed by atoms with Crippen LogP contribution in [0.15, 0.2) is 10.4 Å². The Morgan fingerprint density at radius 3 is 1.70 bits per heavy atom. The number of carboxylic acids is 1. The Labute approximate surface area is 69.8 Å². The lowest BCUT2D eigenvalue weighted by Gasteiger charge is -1.95. The normalized spacial score (nSPS) is 12.3. The third-order valence-electron chi connectivity index (χ3n) is 0.678. The highest BCUT2D eigenvalue weighted by molar-refractivity contribution is 7.97. The van der Waals surface area contributed by atoms with Crippen molar-refractivity contribution in [1.82, 2.24) is 0 Å². The van der Waals surface area contributed by atoms with Crippen LogP contribution in [0.25, 0.3) is 0 Å². The van der Waals surface area contributed by atoms with E-state index in [0.717, 1.165) is 0 Å². The number of hydrogen-bond acceptors (Lipinski definition) is 2. The van der Waals surface area contributed by atoms with Gasteiger partial charge in [0.1, 0.15) is 0 Å². The molecule has 0 aliphatic rings. The van der Waals surface area contributed by atoms with Crippen molar-refractivity contribution in [2.24, 2.45) is 0 Å². The molecule has 0 bridgehead atoms. The van der Waals surface area contributed by atoms with Crippen LogP contribution < -0.4 is 0 Å². The van der Waals surface area contributed by atoms with E-state index in [1.165, 1.54) is 0 Å². The fourth-order valence-corrected chi connectivity index (χ4v) is 0.651. The van der Waals surface area contributed by atoms with Gasteiger partial charge < -0.3 is 5.11 Å². The number of aliphatic carboxylic acids is 1. The molecule has 10 heavy (non-hydrogen) atoms. The zero-order valence-corrected chi connectivity index (χ0v) is 7.61. The molecule has 50 valence electrons. The Balaban J connectivity index is 4.67. The number of hydrogen-bond donors (Lipinski definition) is 2. The zero-order valence-electron chi connectivity index (χ0n) is 4.71. The molecule has 0 heterocycles. The van der Waals surface area contributed by atoms with Gasteiger partial charge >= 0.3 is 5.97 Å². The largest absolute Gasteiger partial charge is 0.478 e. The van der Waals surface area contributed by atoms with Crippen LogP contribution in [-0.2, 0) is 9.59 Å². The van der Waals surface area contributed by atoms with Crippen molar-refractivity contribution in [2.75, 3.05) is 0 Å². The number of rotatable bonds is 2. The lowest BCUT2D eigenvalue weighted by atomic mass is 10.5. The summed E-state index contributed by atoms with van der Waals surface area (Å²) in [6.07, 6.45) is 0. The van der Waals surface area contributed by atoms with Gasteiger partial charge in [-0.15, -0.1) is 12.6 Å².